The van der Waals surface area contributed by atoms with Crippen molar-refractivity contribution in [3.05, 3.63) is 41.2 Å². The van der Waals surface area contributed by atoms with Crippen molar-refractivity contribution >= 4 is 11.6 Å². The van der Waals surface area contributed by atoms with Gasteiger partial charge < -0.3 is 9.88 Å². The van der Waals surface area contributed by atoms with Crippen LogP contribution in [0.15, 0.2) is 24.5 Å². The quantitative estimate of drug-likeness (QED) is 0.872. The first-order valence-corrected chi connectivity index (χ1v) is 5.97. The molecule has 2 rings (SSSR count). The molecular formula is C14H19N3. The molecule has 0 radical (unpaired) electrons. The summed E-state index contributed by atoms with van der Waals surface area (Å²) in [7, 11) is 0. The van der Waals surface area contributed by atoms with Crippen LogP contribution in [0.1, 0.15) is 23.6 Å². The fourth-order valence-corrected chi connectivity index (χ4v) is 2.18. The number of benzene rings is 1. The highest BCUT2D eigenvalue weighted by atomic mass is 15.2. The van der Waals surface area contributed by atoms with Gasteiger partial charge in [-0.3, -0.25) is 0 Å². The van der Waals surface area contributed by atoms with E-state index in [0.717, 1.165) is 18.2 Å². The second kappa shape index (κ2) is 4.62. The summed E-state index contributed by atoms with van der Waals surface area (Å²) in [6.45, 7) is 9.41. The Labute approximate surface area is 103 Å². The lowest BCUT2D eigenvalue weighted by atomic mass is 10.1. The van der Waals surface area contributed by atoms with Gasteiger partial charge in [-0.25, -0.2) is 4.98 Å². The molecule has 0 saturated heterocycles. The third-order valence-corrected chi connectivity index (χ3v) is 2.97. The monoisotopic (exact) mass is 229 g/mol. The molecule has 0 aliphatic carbocycles. The molecule has 2 aromatic rings. The summed E-state index contributed by atoms with van der Waals surface area (Å²) in [5, 5.41) is 3.42. The molecule has 0 atom stereocenters. The Balaban J connectivity index is 2.36. The van der Waals surface area contributed by atoms with E-state index < -0.39 is 0 Å². The minimum Gasteiger partial charge on any atom is -0.325 e. The fraction of sp³-hybridized carbons (Fsp3) is 0.357. The highest BCUT2D eigenvalue weighted by Gasteiger charge is 2.07. The molecule has 3 nitrogen and oxygen atoms in total. The molecule has 0 fully saturated rings. The van der Waals surface area contributed by atoms with E-state index >= 15 is 0 Å². The van der Waals surface area contributed by atoms with Crippen molar-refractivity contribution in [1.29, 1.82) is 0 Å². The lowest BCUT2D eigenvalue weighted by Crippen LogP contribution is -2.04. The van der Waals surface area contributed by atoms with Gasteiger partial charge in [-0.1, -0.05) is 17.7 Å². The van der Waals surface area contributed by atoms with Crippen LogP contribution in [-0.2, 0) is 6.54 Å². The summed E-state index contributed by atoms with van der Waals surface area (Å²) >= 11 is 0. The Kier molecular flexibility index (Phi) is 3.18. The summed E-state index contributed by atoms with van der Waals surface area (Å²) in [6.07, 6.45) is 3.81. The lowest BCUT2D eigenvalue weighted by Gasteiger charge is -2.14. The molecule has 0 aliphatic rings. The number of nitrogens with zero attached hydrogens (tertiary/aromatic N) is 2. The molecule has 0 unspecified atom stereocenters. The van der Waals surface area contributed by atoms with Crippen molar-refractivity contribution in [2.24, 2.45) is 0 Å². The van der Waals surface area contributed by atoms with Crippen LogP contribution in [0.5, 0.6) is 0 Å². The maximum Gasteiger partial charge on any atom is 0.207 e. The first kappa shape index (κ1) is 11.7. The summed E-state index contributed by atoms with van der Waals surface area (Å²) in [4.78, 5) is 4.34. The molecule has 0 aliphatic heterocycles. The van der Waals surface area contributed by atoms with Gasteiger partial charge >= 0.3 is 0 Å². The lowest BCUT2D eigenvalue weighted by molar-refractivity contribution is 0.771. The number of rotatable bonds is 3. The van der Waals surface area contributed by atoms with Crippen molar-refractivity contribution in [2.45, 2.75) is 34.2 Å². The molecule has 17 heavy (non-hydrogen) atoms. The Morgan fingerprint density at radius 2 is 1.82 bits per heavy atom. The number of anilines is 2. The van der Waals surface area contributed by atoms with Crippen LogP contribution in [0.3, 0.4) is 0 Å². The third kappa shape index (κ3) is 2.33. The number of aryl methyl sites for hydroxylation is 4. The average Bonchev–Trinajstić information content (AvgIpc) is 2.70. The summed E-state index contributed by atoms with van der Waals surface area (Å²) in [5.74, 6) is 0.905. The van der Waals surface area contributed by atoms with Gasteiger partial charge in [0.05, 0.1) is 0 Å². The number of hydrogen-bond donors (Lipinski definition) is 1. The van der Waals surface area contributed by atoms with Gasteiger partial charge in [0.15, 0.2) is 0 Å². The minimum atomic E-state index is 0.905. The van der Waals surface area contributed by atoms with Crippen molar-refractivity contribution in [3.8, 4) is 0 Å². The van der Waals surface area contributed by atoms with Crippen LogP contribution in [0.25, 0.3) is 0 Å². The Hall–Kier alpha value is -1.77. The molecule has 3 heteroatoms. The molecule has 0 spiro atoms. The fourth-order valence-electron chi connectivity index (χ4n) is 2.18. The van der Waals surface area contributed by atoms with Gasteiger partial charge in [0.1, 0.15) is 0 Å². The van der Waals surface area contributed by atoms with Crippen LogP contribution in [-0.4, -0.2) is 9.55 Å². The van der Waals surface area contributed by atoms with Crippen molar-refractivity contribution < 1.29 is 0 Å². The molecule has 1 heterocycles. The number of imidazole rings is 1. The van der Waals surface area contributed by atoms with E-state index in [-0.39, 0.29) is 0 Å². The Morgan fingerprint density at radius 3 is 2.41 bits per heavy atom. The SMILES string of the molecule is CCn1ccnc1Nc1c(C)cc(C)cc1C. The van der Waals surface area contributed by atoms with Crippen molar-refractivity contribution in [1.82, 2.24) is 9.55 Å². The molecule has 1 aromatic carbocycles. The van der Waals surface area contributed by atoms with Crippen LogP contribution >= 0.6 is 0 Å². The van der Waals surface area contributed by atoms with Crippen LogP contribution in [0, 0.1) is 20.8 Å². The number of hydrogen-bond acceptors (Lipinski definition) is 2. The van der Waals surface area contributed by atoms with Gasteiger partial charge in [0.2, 0.25) is 5.95 Å². The Morgan fingerprint density at radius 1 is 1.18 bits per heavy atom. The molecule has 0 amide bonds. The van der Waals surface area contributed by atoms with Crippen molar-refractivity contribution in [3.63, 3.8) is 0 Å². The molecular weight excluding hydrogens is 210 g/mol. The Bertz CT molecular complexity index is 503. The molecule has 1 N–H and O–H groups in total. The molecule has 90 valence electrons. The van der Waals surface area contributed by atoms with E-state index in [1.165, 1.54) is 16.7 Å². The molecule has 0 bridgehead atoms. The number of nitrogens with one attached hydrogen (secondary N) is 1. The molecule has 1 aromatic heterocycles. The zero-order chi connectivity index (χ0) is 12.4. The smallest absolute Gasteiger partial charge is 0.207 e. The largest absolute Gasteiger partial charge is 0.325 e. The third-order valence-electron chi connectivity index (χ3n) is 2.97. The van der Waals surface area contributed by atoms with Crippen LogP contribution in [0.4, 0.5) is 11.6 Å². The van der Waals surface area contributed by atoms with E-state index in [1.54, 1.807) is 0 Å². The summed E-state index contributed by atoms with van der Waals surface area (Å²) < 4.78 is 2.10. The highest BCUT2D eigenvalue weighted by Crippen LogP contribution is 2.25. The summed E-state index contributed by atoms with van der Waals surface area (Å²) in [5.41, 5.74) is 4.97. The van der Waals surface area contributed by atoms with Crippen LogP contribution in [0.2, 0.25) is 0 Å². The van der Waals surface area contributed by atoms with Gasteiger partial charge in [-0.2, -0.15) is 0 Å². The molecule has 0 saturated carbocycles. The summed E-state index contributed by atoms with van der Waals surface area (Å²) in [6, 6.07) is 4.38. The van der Waals surface area contributed by atoms with E-state index in [2.05, 4.69) is 54.7 Å². The first-order valence-electron chi connectivity index (χ1n) is 5.97. The predicted octanol–water partition coefficient (Wildman–Crippen LogP) is 3.57. The second-order valence-electron chi connectivity index (χ2n) is 4.44. The van der Waals surface area contributed by atoms with E-state index in [4.69, 9.17) is 0 Å². The average molecular weight is 229 g/mol. The highest BCUT2D eigenvalue weighted by molar-refractivity contribution is 5.63. The zero-order valence-corrected chi connectivity index (χ0v) is 10.9. The zero-order valence-electron chi connectivity index (χ0n) is 10.9. The van der Waals surface area contributed by atoms with Gasteiger partial charge in [-0.05, 0) is 38.8 Å². The van der Waals surface area contributed by atoms with E-state index in [9.17, 15) is 0 Å². The van der Waals surface area contributed by atoms with Crippen LogP contribution < -0.4 is 5.32 Å². The maximum absolute atomic E-state index is 4.34. The predicted molar refractivity (Wildman–Crippen MR) is 71.8 cm³/mol. The van der Waals surface area contributed by atoms with Gasteiger partial charge in [0.25, 0.3) is 0 Å². The van der Waals surface area contributed by atoms with Gasteiger partial charge in [-0.15, -0.1) is 0 Å². The van der Waals surface area contributed by atoms with E-state index in [0.29, 0.717) is 0 Å². The standard InChI is InChI=1S/C14H19N3/c1-5-17-7-6-15-14(17)16-13-11(3)8-10(2)9-12(13)4/h6-9H,5H2,1-4H3,(H,15,16). The first-order chi connectivity index (χ1) is 8.11. The normalized spacial score (nSPS) is 10.6. The van der Waals surface area contributed by atoms with Gasteiger partial charge in [0, 0.05) is 24.6 Å². The van der Waals surface area contributed by atoms with E-state index in [1.807, 2.05) is 12.4 Å². The van der Waals surface area contributed by atoms with Crippen molar-refractivity contribution in [2.75, 3.05) is 5.32 Å². The second-order valence-corrected chi connectivity index (χ2v) is 4.44. The number of aromatic nitrogens is 2. The minimum absolute atomic E-state index is 0.905. The maximum atomic E-state index is 4.34. The topological polar surface area (TPSA) is 29.9 Å².